The van der Waals surface area contributed by atoms with Crippen molar-refractivity contribution < 1.29 is 4.79 Å². The van der Waals surface area contributed by atoms with Crippen LogP contribution in [0.5, 0.6) is 0 Å². The van der Waals surface area contributed by atoms with Crippen molar-refractivity contribution in [3.63, 3.8) is 0 Å². The Labute approximate surface area is 171 Å². The second kappa shape index (κ2) is 8.95. The van der Waals surface area contributed by atoms with Crippen LogP contribution in [-0.2, 0) is 11.2 Å². The summed E-state index contributed by atoms with van der Waals surface area (Å²) < 4.78 is 0.788. The molecular formula is C21H18N4OS2. The van der Waals surface area contributed by atoms with E-state index in [4.69, 9.17) is 0 Å². The lowest BCUT2D eigenvalue weighted by atomic mass is 10.1. The van der Waals surface area contributed by atoms with E-state index in [1.807, 2.05) is 48.5 Å². The van der Waals surface area contributed by atoms with Crippen molar-refractivity contribution in [1.29, 1.82) is 0 Å². The topological polar surface area (TPSA) is 67.8 Å². The first-order chi connectivity index (χ1) is 13.8. The number of fused-ring (bicyclic) bond motifs is 1. The molecule has 140 valence electrons. The van der Waals surface area contributed by atoms with Crippen LogP contribution in [0.4, 0.5) is 5.13 Å². The van der Waals surface area contributed by atoms with Gasteiger partial charge in [-0.15, -0.1) is 10.2 Å². The molecule has 1 amide bonds. The molecule has 0 aliphatic rings. The summed E-state index contributed by atoms with van der Waals surface area (Å²) in [7, 11) is 0. The molecule has 4 rings (SSSR count). The summed E-state index contributed by atoms with van der Waals surface area (Å²) >= 11 is 2.92. The van der Waals surface area contributed by atoms with Crippen LogP contribution >= 0.6 is 23.1 Å². The van der Waals surface area contributed by atoms with Crippen LogP contribution in [0.1, 0.15) is 18.4 Å². The Balaban J connectivity index is 1.33. The Morgan fingerprint density at radius 2 is 1.82 bits per heavy atom. The Kier molecular flexibility index (Phi) is 5.94. The van der Waals surface area contributed by atoms with Gasteiger partial charge in [0.05, 0.1) is 5.52 Å². The molecule has 0 aliphatic heterocycles. The third-order valence-corrected chi connectivity index (χ3v) is 6.14. The molecule has 0 radical (unpaired) electrons. The van der Waals surface area contributed by atoms with Gasteiger partial charge >= 0.3 is 0 Å². The second-order valence-corrected chi connectivity index (χ2v) is 8.46. The summed E-state index contributed by atoms with van der Waals surface area (Å²) in [5.74, 6) is -0.0296. The maximum atomic E-state index is 12.2. The van der Waals surface area contributed by atoms with Gasteiger partial charge in [0.15, 0.2) is 4.34 Å². The van der Waals surface area contributed by atoms with Crippen LogP contribution in [0, 0.1) is 0 Å². The highest BCUT2D eigenvalue weighted by Crippen LogP contribution is 2.35. The summed E-state index contributed by atoms with van der Waals surface area (Å²) in [5.41, 5.74) is 2.19. The SMILES string of the molecule is O=C(CCCc1ccccc1)Nc1nnc(Sc2ccnc3ccccc23)s1. The summed E-state index contributed by atoms with van der Waals surface area (Å²) in [6.07, 6.45) is 3.95. The van der Waals surface area contributed by atoms with Crippen LogP contribution in [-0.4, -0.2) is 21.1 Å². The Morgan fingerprint density at radius 1 is 1.00 bits per heavy atom. The minimum atomic E-state index is -0.0296. The molecule has 28 heavy (non-hydrogen) atoms. The fraction of sp³-hybridized carbons (Fsp3) is 0.143. The summed E-state index contributed by atoms with van der Waals surface area (Å²) in [6.45, 7) is 0. The molecule has 2 aromatic heterocycles. The molecule has 5 nitrogen and oxygen atoms in total. The number of nitrogens with zero attached hydrogens (tertiary/aromatic N) is 3. The first-order valence-electron chi connectivity index (χ1n) is 8.97. The van der Waals surface area contributed by atoms with Crippen molar-refractivity contribution in [2.24, 2.45) is 0 Å². The average molecular weight is 407 g/mol. The normalized spacial score (nSPS) is 10.9. The van der Waals surface area contributed by atoms with Crippen molar-refractivity contribution in [1.82, 2.24) is 15.2 Å². The van der Waals surface area contributed by atoms with E-state index in [1.165, 1.54) is 28.7 Å². The fourth-order valence-electron chi connectivity index (χ4n) is 2.83. The maximum absolute atomic E-state index is 12.2. The molecule has 2 aromatic carbocycles. The Bertz CT molecular complexity index is 1080. The van der Waals surface area contributed by atoms with Gasteiger partial charge in [-0.2, -0.15) is 0 Å². The van der Waals surface area contributed by atoms with Gasteiger partial charge in [0.2, 0.25) is 11.0 Å². The van der Waals surface area contributed by atoms with Crippen LogP contribution in [0.15, 0.2) is 76.1 Å². The molecule has 0 bridgehead atoms. The standard InChI is InChI=1S/C21H18N4OS2/c26-19(12-6-9-15-7-2-1-3-8-15)23-20-24-25-21(28-20)27-18-13-14-22-17-11-5-4-10-16(17)18/h1-5,7-8,10-11,13-14H,6,9,12H2,(H,23,24,26). The number of carbonyl (C=O) groups excluding carboxylic acids is 1. The number of rotatable bonds is 7. The van der Waals surface area contributed by atoms with Crippen molar-refractivity contribution in [3.8, 4) is 0 Å². The zero-order valence-electron chi connectivity index (χ0n) is 15.0. The van der Waals surface area contributed by atoms with Gasteiger partial charge in [0.25, 0.3) is 0 Å². The fourth-order valence-corrected chi connectivity index (χ4v) is 4.68. The number of aromatic nitrogens is 3. The van der Waals surface area contributed by atoms with E-state index in [9.17, 15) is 4.79 Å². The van der Waals surface area contributed by atoms with Gasteiger partial charge in [0.1, 0.15) is 0 Å². The third kappa shape index (κ3) is 4.74. The number of hydrogen-bond donors (Lipinski definition) is 1. The van der Waals surface area contributed by atoms with Crippen molar-refractivity contribution in [2.45, 2.75) is 28.5 Å². The number of carbonyl (C=O) groups is 1. The summed E-state index contributed by atoms with van der Waals surface area (Å²) in [4.78, 5) is 17.6. The third-order valence-electron chi connectivity index (χ3n) is 4.17. The molecule has 0 aliphatic carbocycles. The highest BCUT2D eigenvalue weighted by Gasteiger charge is 2.11. The van der Waals surface area contributed by atoms with Gasteiger partial charge in [-0.1, -0.05) is 71.6 Å². The number of nitrogens with one attached hydrogen (secondary N) is 1. The molecule has 0 unspecified atom stereocenters. The Hall–Kier alpha value is -2.77. The number of hydrogen-bond acceptors (Lipinski definition) is 6. The number of para-hydroxylation sites is 1. The zero-order valence-corrected chi connectivity index (χ0v) is 16.7. The van der Waals surface area contributed by atoms with Gasteiger partial charge in [-0.05, 0) is 30.5 Å². The highest BCUT2D eigenvalue weighted by molar-refractivity contribution is 8.01. The lowest BCUT2D eigenvalue weighted by Gasteiger charge is -2.03. The minimum absolute atomic E-state index is 0.0296. The molecule has 0 saturated carbocycles. The molecule has 0 spiro atoms. The molecule has 0 atom stereocenters. The Morgan fingerprint density at radius 3 is 2.71 bits per heavy atom. The van der Waals surface area contributed by atoms with Crippen LogP contribution in [0.25, 0.3) is 10.9 Å². The van der Waals surface area contributed by atoms with E-state index in [1.54, 1.807) is 6.20 Å². The van der Waals surface area contributed by atoms with E-state index < -0.39 is 0 Å². The molecule has 1 N–H and O–H groups in total. The lowest BCUT2D eigenvalue weighted by molar-refractivity contribution is -0.116. The van der Waals surface area contributed by atoms with E-state index in [0.717, 1.165) is 33.0 Å². The van der Waals surface area contributed by atoms with E-state index >= 15 is 0 Å². The van der Waals surface area contributed by atoms with Gasteiger partial charge in [0, 0.05) is 22.9 Å². The maximum Gasteiger partial charge on any atom is 0.226 e. The van der Waals surface area contributed by atoms with E-state index in [0.29, 0.717) is 11.6 Å². The van der Waals surface area contributed by atoms with Crippen LogP contribution in [0.3, 0.4) is 0 Å². The smallest absolute Gasteiger partial charge is 0.226 e. The van der Waals surface area contributed by atoms with Crippen LogP contribution in [0.2, 0.25) is 0 Å². The molecule has 0 saturated heterocycles. The largest absolute Gasteiger partial charge is 0.301 e. The highest BCUT2D eigenvalue weighted by atomic mass is 32.2. The molecule has 4 aromatic rings. The van der Waals surface area contributed by atoms with Crippen LogP contribution < -0.4 is 5.32 Å². The quantitative estimate of drug-likeness (QED) is 0.427. The van der Waals surface area contributed by atoms with Crippen molar-refractivity contribution >= 4 is 45.0 Å². The first kappa shape index (κ1) is 18.6. The average Bonchev–Trinajstić information content (AvgIpc) is 3.16. The number of aryl methyl sites for hydroxylation is 1. The first-order valence-corrected chi connectivity index (χ1v) is 10.6. The van der Waals surface area contributed by atoms with E-state index in [2.05, 4.69) is 32.6 Å². The zero-order chi connectivity index (χ0) is 19.2. The van der Waals surface area contributed by atoms with E-state index in [-0.39, 0.29) is 5.91 Å². The van der Waals surface area contributed by atoms with Crippen molar-refractivity contribution in [2.75, 3.05) is 5.32 Å². The minimum Gasteiger partial charge on any atom is -0.301 e. The molecule has 0 fully saturated rings. The number of amides is 1. The van der Waals surface area contributed by atoms with Gasteiger partial charge in [-0.3, -0.25) is 9.78 Å². The molecule has 7 heteroatoms. The second-order valence-electron chi connectivity index (χ2n) is 6.19. The summed E-state index contributed by atoms with van der Waals surface area (Å²) in [5, 5.41) is 12.8. The molecular weight excluding hydrogens is 388 g/mol. The van der Waals surface area contributed by atoms with Gasteiger partial charge in [-0.25, -0.2) is 0 Å². The lowest BCUT2D eigenvalue weighted by Crippen LogP contribution is -2.11. The van der Waals surface area contributed by atoms with Crippen molar-refractivity contribution in [3.05, 3.63) is 72.4 Å². The van der Waals surface area contributed by atoms with Gasteiger partial charge < -0.3 is 5.32 Å². The molecule has 2 heterocycles. The predicted molar refractivity (Wildman–Crippen MR) is 114 cm³/mol. The number of pyridine rings is 1. The monoisotopic (exact) mass is 406 g/mol. The number of benzene rings is 2. The predicted octanol–water partition coefficient (Wildman–Crippen LogP) is 5.20. The number of anilines is 1. The summed E-state index contributed by atoms with van der Waals surface area (Å²) in [6, 6.07) is 20.1.